The van der Waals surface area contributed by atoms with Crippen LogP contribution in [0.1, 0.15) is 41.5 Å². The SMILES string of the molecule is Cc1nccn1[C@@H]1CCC[C@@H](NC(=O)c2ccnnc2)[C@H]1O. The standard InChI is InChI=1S/C15H19N5O2/c1-10-16-7-8-20(10)13-4-2-3-12(14(13)21)19-15(22)11-5-6-17-18-9-11/h5-9,12-14,21H,2-4H2,1H3,(H,19,22)/t12-,13-,14-/m1/s1. The number of aliphatic hydroxyl groups excluding tert-OH is 1. The molecule has 7 nitrogen and oxygen atoms in total. The molecule has 0 unspecified atom stereocenters. The minimum absolute atomic E-state index is 0.0582. The average molecular weight is 301 g/mol. The van der Waals surface area contributed by atoms with Crippen molar-refractivity contribution >= 4 is 5.91 Å². The first kappa shape index (κ1) is 14.6. The van der Waals surface area contributed by atoms with Gasteiger partial charge in [-0.2, -0.15) is 10.2 Å². The molecule has 7 heteroatoms. The molecule has 116 valence electrons. The van der Waals surface area contributed by atoms with Gasteiger partial charge in [0.2, 0.25) is 0 Å². The van der Waals surface area contributed by atoms with E-state index in [1.165, 1.54) is 12.4 Å². The number of hydrogen-bond acceptors (Lipinski definition) is 5. The summed E-state index contributed by atoms with van der Waals surface area (Å²) in [6.45, 7) is 1.91. The summed E-state index contributed by atoms with van der Waals surface area (Å²) in [6.07, 6.45) is 8.44. The molecule has 0 saturated heterocycles. The molecule has 1 fully saturated rings. The Morgan fingerprint density at radius 1 is 1.36 bits per heavy atom. The molecule has 0 radical (unpaired) electrons. The molecule has 0 aromatic carbocycles. The molecule has 0 bridgehead atoms. The molecule has 3 rings (SSSR count). The van der Waals surface area contributed by atoms with E-state index >= 15 is 0 Å². The van der Waals surface area contributed by atoms with Crippen molar-refractivity contribution in [3.63, 3.8) is 0 Å². The molecule has 1 aliphatic rings. The zero-order chi connectivity index (χ0) is 15.5. The van der Waals surface area contributed by atoms with E-state index in [-0.39, 0.29) is 18.0 Å². The molecule has 2 aromatic heterocycles. The van der Waals surface area contributed by atoms with Gasteiger partial charge in [-0.3, -0.25) is 4.79 Å². The van der Waals surface area contributed by atoms with Crippen LogP contribution in [0.2, 0.25) is 0 Å². The average Bonchev–Trinajstić information content (AvgIpc) is 2.96. The molecule has 1 aliphatic carbocycles. The molecule has 1 amide bonds. The van der Waals surface area contributed by atoms with Gasteiger partial charge in [0.1, 0.15) is 5.82 Å². The highest BCUT2D eigenvalue weighted by Gasteiger charge is 2.34. The van der Waals surface area contributed by atoms with E-state index in [0.717, 1.165) is 25.1 Å². The van der Waals surface area contributed by atoms with Crippen molar-refractivity contribution in [2.75, 3.05) is 0 Å². The number of rotatable bonds is 3. The second-order valence-corrected chi connectivity index (χ2v) is 5.58. The summed E-state index contributed by atoms with van der Waals surface area (Å²) in [5.74, 6) is 0.635. The Balaban J connectivity index is 1.72. The number of nitrogens with one attached hydrogen (secondary N) is 1. The van der Waals surface area contributed by atoms with E-state index < -0.39 is 6.10 Å². The van der Waals surface area contributed by atoms with Crippen molar-refractivity contribution in [2.24, 2.45) is 0 Å². The zero-order valence-electron chi connectivity index (χ0n) is 12.4. The second kappa shape index (κ2) is 6.23. The molecule has 3 atom stereocenters. The summed E-state index contributed by atoms with van der Waals surface area (Å²) in [7, 11) is 0. The molecular weight excluding hydrogens is 282 g/mol. The van der Waals surface area contributed by atoms with Gasteiger partial charge in [0.05, 0.1) is 36.1 Å². The van der Waals surface area contributed by atoms with Gasteiger partial charge in [0, 0.05) is 12.4 Å². The van der Waals surface area contributed by atoms with Gasteiger partial charge >= 0.3 is 0 Å². The van der Waals surface area contributed by atoms with Crippen LogP contribution in [0.15, 0.2) is 30.9 Å². The number of nitrogens with zero attached hydrogens (tertiary/aromatic N) is 4. The normalized spacial score (nSPS) is 24.9. The number of aryl methyl sites for hydroxylation is 1. The van der Waals surface area contributed by atoms with E-state index in [1.807, 2.05) is 17.7 Å². The van der Waals surface area contributed by atoms with E-state index in [4.69, 9.17) is 0 Å². The summed E-state index contributed by atoms with van der Waals surface area (Å²) in [5.41, 5.74) is 0.447. The molecule has 2 N–H and O–H groups in total. The maximum Gasteiger partial charge on any atom is 0.253 e. The summed E-state index contributed by atoms with van der Waals surface area (Å²) in [4.78, 5) is 16.4. The minimum atomic E-state index is -0.639. The van der Waals surface area contributed by atoms with Gasteiger partial charge in [-0.25, -0.2) is 4.98 Å². The molecule has 2 heterocycles. The lowest BCUT2D eigenvalue weighted by molar-refractivity contribution is 0.0392. The first-order valence-electron chi connectivity index (χ1n) is 7.42. The Morgan fingerprint density at radius 3 is 2.91 bits per heavy atom. The van der Waals surface area contributed by atoms with Crippen molar-refractivity contribution < 1.29 is 9.90 Å². The monoisotopic (exact) mass is 301 g/mol. The number of imidazole rings is 1. The second-order valence-electron chi connectivity index (χ2n) is 5.58. The molecule has 22 heavy (non-hydrogen) atoms. The predicted molar refractivity (Wildman–Crippen MR) is 79.1 cm³/mol. The highest BCUT2D eigenvalue weighted by Crippen LogP contribution is 2.30. The Bertz CT molecular complexity index is 642. The maximum absolute atomic E-state index is 12.2. The molecule has 0 aliphatic heterocycles. The van der Waals surface area contributed by atoms with Crippen LogP contribution in [0, 0.1) is 6.92 Å². The highest BCUT2D eigenvalue weighted by molar-refractivity contribution is 5.93. The Hall–Kier alpha value is -2.28. The van der Waals surface area contributed by atoms with Crippen molar-refractivity contribution in [2.45, 2.75) is 44.4 Å². The maximum atomic E-state index is 12.2. The smallest absolute Gasteiger partial charge is 0.253 e. The summed E-state index contributed by atoms with van der Waals surface area (Å²) < 4.78 is 1.98. The predicted octanol–water partition coefficient (Wildman–Crippen LogP) is 0.866. The summed E-state index contributed by atoms with van der Waals surface area (Å²) in [5, 5.41) is 20.9. The van der Waals surface area contributed by atoms with Crippen LogP contribution >= 0.6 is 0 Å². The Morgan fingerprint density at radius 2 is 2.23 bits per heavy atom. The third-order valence-corrected chi connectivity index (χ3v) is 4.20. The lowest BCUT2D eigenvalue weighted by atomic mass is 9.87. The van der Waals surface area contributed by atoms with Gasteiger partial charge in [-0.1, -0.05) is 0 Å². The minimum Gasteiger partial charge on any atom is -0.389 e. The zero-order valence-corrected chi connectivity index (χ0v) is 12.4. The molecule has 0 spiro atoms. The quantitative estimate of drug-likeness (QED) is 0.877. The molecule has 2 aromatic rings. The molecular formula is C15H19N5O2. The van der Waals surface area contributed by atoms with Crippen LogP contribution in [0.5, 0.6) is 0 Å². The van der Waals surface area contributed by atoms with Gasteiger partial charge in [-0.15, -0.1) is 0 Å². The van der Waals surface area contributed by atoms with Crippen LogP contribution in [0.4, 0.5) is 0 Å². The van der Waals surface area contributed by atoms with Crippen molar-refractivity contribution in [3.05, 3.63) is 42.2 Å². The lowest BCUT2D eigenvalue weighted by Gasteiger charge is -2.36. The van der Waals surface area contributed by atoms with Crippen LogP contribution in [-0.4, -0.2) is 42.9 Å². The fourth-order valence-corrected chi connectivity index (χ4v) is 3.03. The van der Waals surface area contributed by atoms with Gasteiger partial charge in [0.15, 0.2) is 0 Å². The van der Waals surface area contributed by atoms with Crippen LogP contribution in [0.25, 0.3) is 0 Å². The number of carbonyl (C=O) groups is 1. The fraction of sp³-hybridized carbons (Fsp3) is 0.467. The van der Waals surface area contributed by atoms with Crippen LogP contribution < -0.4 is 5.32 Å². The van der Waals surface area contributed by atoms with Gasteiger partial charge in [-0.05, 0) is 32.3 Å². The fourth-order valence-electron chi connectivity index (χ4n) is 3.03. The third-order valence-electron chi connectivity index (χ3n) is 4.20. The third kappa shape index (κ3) is 2.85. The first-order chi connectivity index (χ1) is 10.7. The van der Waals surface area contributed by atoms with E-state index in [9.17, 15) is 9.90 Å². The first-order valence-corrected chi connectivity index (χ1v) is 7.42. The largest absolute Gasteiger partial charge is 0.389 e. The Labute approximate surface area is 128 Å². The summed E-state index contributed by atoms with van der Waals surface area (Å²) >= 11 is 0. The number of hydrogen-bond donors (Lipinski definition) is 2. The lowest BCUT2D eigenvalue weighted by Crippen LogP contribution is -2.49. The van der Waals surface area contributed by atoms with Crippen LogP contribution in [0.3, 0.4) is 0 Å². The molecule has 1 saturated carbocycles. The van der Waals surface area contributed by atoms with Crippen LogP contribution in [-0.2, 0) is 0 Å². The number of amides is 1. The summed E-state index contributed by atoms with van der Waals surface area (Å²) in [6, 6.07) is 1.27. The van der Waals surface area contributed by atoms with Gasteiger partial charge < -0.3 is 15.0 Å². The van der Waals surface area contributed by atoms with E-state index in [1.54, 1.807) is 12.3 Å². The highest BCUT2D eigenvalue weighted by atomic mass is 16.3. The van der Waals surface area contributed by atoms with Gasteiger partial charge in [0.25, 0.3) is 5.91 Å². The number of aliphatic hydroxyl groups is 1. The van der Waals surface area contributed by atoms with E-state index in [2.05, 4.69) is 20.5 Å². The van der Waals surface area contributed by atoms with Crippen molar-refractivity contribution in [3.8, 4) is 0 Å². The topological polar surface area (TPSA) is 92.9 Å². The number of aromatic nitrogens is 4. The van der Waals surface area contributed by atoms with E-state index in [0.29, 0.717) is 5.56 Å². The van der Waals surface area contributed by atoms with Crippen molar-refractivity contribution in [1.29, 1.82) is 0 Å². The van der Waals surface area contributed by atoms with Crippen molar-refractivity contribution in [1.82, 2.24) is 25.1 Å². The Kier molecular flexibility index (Phi) is 4.15. The number of carbonyl (C=O) groups excluding carboxylic acids is 1.